The Morgan fingerprint density at radius 1 is 0.316 bits per heavy atom. The average Bonchev–Trinajstić information content (AvgIpc) is 3.42. The van der Waals surface area contributed by atoms with Crippen LogP contribution in [-0.2, 0) is 0 Å². The summed E-state index contributed by atoms with van der Waals surface area (Å²) in [6.07, 6.45) is 15.4. The van der Waals surface area contributed by atoms with Crippen molar-refractivity contribution in [2.45, 2.75) is 44.1 Å². The highest BCUT2D eigenvalue weighted by atomic mass is 16.3. The van der Waals surface area contributed by atoms with Gasteiger partial charge in [0.05, 0.1) is 24.2 Å². The highest BCUT2D eigenvalue weighted by Gasteiger charge is 2.42. The van der Waals surface area contributed by atoms with Crippen LogP contribution in [0.15, 0.2) is 170 Å². The smallest absolute Gasteiger partial charge is 0.157 e. The van der Waals surface area contributed by atoms with Gasteiger partial charge in [-0.3, -0.25) is 0 Å². The van der Waals surface area contributed by atoms with Crippen LogP contribution in [0.5, 0.6) is 46.0 Å². The molecule has 1 aliphatic heterocycles. The molecule has 8 aromatic rings. The summed E-state index contributed by atoms with van der Waals surface area (Å²) in [7, 11) is 2.14. The lowest BCUT2D eigenvalue weighted by Crippen LogP contribution is -2.58. The molecule has 0 saturated carbocycles. The van der Waals surface area contributed by atoms with E-state index in [1.54, 1.807) is 24.3 Å². The standard InChI is InChI=1S/C64H60N4O8/c1-40(2)68-64(52-30-18-44(19-31-52)7-11-48-23-35-56(72)60(76)39-48)62(50-26-14-42(15-27-50)5-9-46-21-33-54(70)58(74)37-46)66-65-61(49-24-12-41(13-25-49)4-8-45-20-32-53(69)57(73)36-45)63(67(68)3)51-28-16-43(17-29-51)6-10-47-22-34-55(71)59(75)38-47/h4-40,61-66,69-76H,1-3H3/b8-4+,9-5+,10-6+,11-7+. The van der Waals surface area contributed by atoms with Gasteiger partial charge in [-0.25, -0.2) is 20.9 Å². The molecule has 1 heterocycles. The van der Waals surface area contributed by atoms with Crippen molar-refractivity contribution in [2.24, 2.45) is 0 Å². The van der Waals surface area contributed by atoms with E-state index in [4.69, 9.17) is 0 Å². The third-order valence-corrected chi connectivity index (χ3v) is 13.6. The normalized spacial score (nSPS) is 17.8. The quantitative estimate of drug-likeness (QED) is 0.0389. The lowest BCUT2D eigenvalue weighted by molar-refractivity contribution is -0.130. The summed E-state index contributed by atoms with van der Waals surface area (Å²) in [5.41, 5.74) is 18.6. The molecule has 0 amide bonds. The molecular weight excluding hydrogens is 953 g/mol. The minimum absolute atomic E-state index is 0.0259. The van der Waals surface area contributed by atoms with Crippen molar-refractivity contribution in [2.75, 3.05) is 7.05 Å². The van der Waals surface area contributed by atoms with E-state index in [9.17, 15) is 40.9 Å². The number of benzene rings is 8. The second-order valence-corrected chi connectivity index (χ2v) is 19.2. The van der Waals surface area contributed by atoms with Gasteiger partial charge in [-0.1, -0.05) is 170 Å². The van der Waals surface area contributed by atoms with Gasteiger partial charge in [-0.15, -0.1) is 0 Å². The summed E-state index contributed by atoms with van der Waals surface area (Å²) in [5, 5.41) is 84.7. The Labute approximate surface area is 442 Å². The van der Waals surface area contributed by atoms with Crippen LogP contribution in [0.3, 0.4) is 0 Å². The van der Waals surface area contributed by atoms with Gasteiger partial charge in [0.15, 0.2) is 46.0 Å². The molecule has 12 nitrogen and oxygen atoms in total. The van der Waals surface area contributed by atoms with Crippen LogP contribution in [0.1, 0.15) is 105 Å². The Morgan fingerprint density at radius 3 is 0.829 bits per heavy atom. The van der Waals surface area contributed by atoms with Crippen LogP contribution in [-0.4, -0.2) is 64.0 Å². The first-order valence-corrected chi connectivity index (χ1v) is 24.9. The molecule has 4 unspecified atom stereocenters. The molecule has 0 spiro atoms. The zero-order chi connectivity index (χ0) is 53.5. The molecule has 1 saturated heterocycles. The average molecular weight is 1010 g/mol. The minimum Gasteiger partial charge on any atom is -0.504 e. The Kier molecular flexibility index (Phi) is 15.7. The van der Waals surface area contributed by atoms with Gasteiger partial charge in [0.2, 0.25) is 0 Å². The fourth-order valence-electron chi connectivity index (χ4n) is 9.60. The predicted molar refractivity (Wildman–Crippen MR) is 303 cm³/mol. The van der Waals surface area contributed by atoms with Crippen molar-refractivity contribution in [3.05, 3.63) is 237 Å². The molecule has 0 bridgehead atoms. The Balaban J connectivity index is 1.12. The maximum Gasteiger partial charge on any atom is 0.157 e. The van der Waals surface area contributed by atoms with Gasteiger partial charge < -0.3 is 40.9 Å². The Hall–Kier alpha value is -9.04. The Morgan fingerprint density at radius 2 is 0.553 bits per heavy atom. The van der Waals surface area contributed by atoms with E-state index in [2.05, 4.69) is 139 Å². The first-order valence-electron chi connectivity index (χ1n) is 24.9. The van der Waals surface area contributed by atoms with Gasteiger partial charge in [0, 0.05) is 13.1 Å². The van der Waals surface area contributed by atoms with Crippen LogP contribution in [0.2, 0.25) is 0 Å². The molecule has 9 rings (SSSR count). The van der Waals surface area contributed by atoms with Crippen molar-refractivity contribution in [3.8, 4) is 46.0 Å². The van der Waals surface area contributed by atoms with Crippen LogP contribution >= 0.6 is 0 Å². The summed E-state index contributed by atoms with van der Waals surface area (Å²) < 4.78 is 0. The number of nitrogens with one attached hydrogen (secondary N) is 2. The van der Waals surface area contributed by atoms with Crippen molar-refractivity contribution >= 4 is 48.6 Å². The first kappa shape index (κ1) is 51.8. The number of likely N-dealkylation sites (N-methyl/N-ethyl adjacent to an activating group) is 1. The topological polar surface area (TPSA) is 192 Å². The van der Waals surface area contributed by atoms with Gasteiger partial charge >= 0.3 is 0 Å². The summed E-state index contributed by atoms with van der Waals surface area (Å²) in [6, 6.07) is 51.2. The van der Waals surface area contributed by atoms with Crippen LogP contribution in [0.4, 0.5) is 0 Å². The predicted octanol–water partition coefficient (Wildman–Crippen LogP) is 12.9. The largest absolute Gasteiger partial charge is 0.504 e. The summed E-state index contributed by atoms with van der Waals surface area (Å²) >= 11 is 0. The molecule has 0 aliphatic carbocycles. The number of hydrazine groups is 2. The SMILES string of the molecule is CC(C)N1C(c2ccc(/C=C/c3ccc(O)c(O)c3)cc2)C(c2ccc(/C=C/c3ccc(O)c(O)c3)cc2)NNC(c2ccc(/C=C/c3ccc(O)c(O)c3)cc2)C(c2ccc(/C=C/c3ccc(O)c(O)c3)cc2)N1C. The highest BCUT2D eigenvalue weighted by molar-refractivity contribution is 5.74. The lowest BCUT2D eigenvalue weighted by Gasteiger charge is -2.52. The van der Waals surface area contributed by atoms with Gasteiger partial charge in [-0.05, 0) is 129 Å². The molecule has 4 atom stereocenters. The van der Waals surface area contributed by atoms with E-state index in [1.807, 2.05) is 48.6 Å². The van der Waals surface area contributed by atoms with Gasteiger partial charge in [0.1, 0.15) is 0 Å². The Bertz CT molecular complexity index is 3430. The van der Waals surface area contributed by atoms with E-state index in [-0.39, 0.29) is 76.2 Å². The third-order valence-electron chi connectivity index (χ3n) is 13.6. The fraction of sp³-hybridized carbons (Fsp3) is 0.125. The molecule has 0 aromatic heterocycles. The highest BCUT2D eigenvalue weighted by Crippen LogP contribution is 2.45. The van der Waals surface area contributed by atoms with Crippen LogP contribution in [0, 0.1) is 0 Å². The lowest BCUT2D eigenvalue weighted by atomic mass is 9.88. The molecule has 8 aromatic carbocycles. The maximum absolute atomic E-state index is 10.1. The monoisotopic (exact) mass is 1010 g/mol. The molecule has 384 valence electrons. The molecule has 10 N–H and O–H groups in total. The van der Waals surface area contributed by atoms with E-state index in [1.165, 1.54) is 48.5 Å². The molecule has 0 radical (unpaired) electrons. The minimum atomic E-state index is -0.336. The molecule has 12 heteroatoms. The second-order valence-electron chi connectivity index (χ2n) is 19.2. The van der Waals surface area contributed by atoms with E-state index in [0.717, 1.165) is 66.8 Å². The number of hydrogen-bond acceptors (Lipinski definition) is 12. The first-order chi connectivity index (χ1) is 36.7. The van der Waals surface area contributed by atoms with E-state index < -0.39 is 0 Å². The second kappa shape index (κ2) is 23.0. The van der Waals surface area contributed by atoms with Crippen molar-refractivity contribution < 1.29 is 40.9 Å². The zero-order valence-corrected chi connectivity index (χ0v) is 42.1. The van der Waals surface area contributed by atoms with Crippen molar-refractivity contribution in [3.63, 3.8) is 0 Å². The molecule has 1 aliphatic rings. The molecular formula is C64H60N4O8. The number of nitrogens with zero attached hydrogens (tertiary/aromatic N) is 2. The number of aromatic hydroxyl groups is 8. The van der Waals surface area contributed by atoms with Gasteiger partial charge in [-0.2, -0.15) is 0 Å². The van der Waals surface area contributed by atoms with Gasteiger partial charge in [0.25, 0.3) is 0 Å². The molecule has 76 heavy (non-hydrogen) atoms. The van der Waals surface area contributed by atoms with Crippen LogP contribution < -0.4 is 10.9 Å². The fourth-order valence-corrected chi connectivity index (χ4v) is 9.60. The number of rotatable bonds is 13. The van der Waals surface area contributed by atoms with Crippen molar-refractivity contribution in [1.82, 2.24) is 20.9 Å². The zero-order valence-electron chi connectivity index (χ0n) is 42.1. The van der Waals surface area contributed by atoms with Crippen LogP contribution in [0.25, 0.3) is 48.6 Å². The molecule has 1 fully saturated rings. The van der Waals surface area contributed by atoms with Crippen molar-refractivity contribution in [1.29, 1.82) is 0 Å². The van der Waals surface area contributed by atoms with E-state index >= 15 is 0 Å². The number of phenolic OH excluding ortho intramolecular Hbond substituents is 8. The van der Waals surface area contributed by atoms with E-state index in [0.29, 0.717) is 0 Å². The number of hydrogen-bond donors (Lipinski definition) is 10. The third kappa shape index (κ3) is 12.1. The maximum atomic E-state index is 10.1. The summed E-state index contributed by atoms with van der Waals surface area (Å²) in [4.78, 5) is 0. The summed E-state index contributed by atoms with van der Waals surface area (Å²) in [5.74, 6) is -1.46. The number of phenols is 8. The summed E-state index contributed by atoms with van der Waals surface area (Å²) in [6.45, 7) is 4.40.